The number of anilines is 3. The average Bonchev–Trinajstić information content (AvgIpc) is 3.30. The quantitative estimate of drug-likeness (QED) is 0.369. The van der Waals surface area contributed by atoms with E-state index in [1.54, 1.807) is 0 Å². The van der Waals surface area contributed by atoms with Crippen LogP contribution in [-0.4, -0.2) is 52.0 Å². The first kappa shape index (κ1) is 23.0. The highest BCUT2D eigenvalue weighted by atomic mass is 32.2. The van der Waals surface area contributed by atoms with E-state index in [-0.39, 0.29) is 22.9 Å². The van der Waals surface area contributed by atoms with Gasteiger partial charge in [0.15, 0.2) is 12.1 Å². The standard InChI is InChI=1S/C25H32N6O2S/c1-34-14-10-18(11-15-34)24-29-25(30-31(24)23-7-3-5-13-33-23)27-20-8-9-21(19(16-20)17-26)28-22-6-2-4-12-32-22/h8-11,14-17,22-23,26,28H,2-7,12-13H2,1H3,(H,27,30). The van der Waals surface area contributed by atoms with Crippen LogP contribution in [0, 0.1) is 5.41 Å². The molecule has 3 unspecified atom stereocenters. The smallest absolute Gasteiger partial charge is 0.247 e. The molecule has 9 heteroatoms. The topological polar surface area (TPSA) is 97.1 Å². The normalized spacial score (nSPS) is 24.7. The van der Waals surface area contributed by atoms with Crippen LogP contribution in [0.3, 0.4) is 0 Å². The maximum atomic E-state index is 7.90. The minimum atomic E-state index is -0.109. The van der Waals surface area contributed by atoms with Crippen molar-refractivity contribution in [1.82, 2.24) is 14.8 Å². The zero-order valence-corrected chi connectivity index (χ0v) is 20.3. The van der Waals surface area contributed by atoms with Gasteiger partial charge in [0, 0.05) is 41.9 Å². The summed E-state index contributed by atoms with van der Waals surface area (Å²) in [4.78, 5) is 4.83. The molecule has 3 atom stereocenters. The van der Waals surface area contributed by atoms with Gasteiger partial charge >= 0.3 is 0 Å². The SMILES string of the molecule is CS1=CC=C(c2nc(Nc3ccc(NC4CCCCO4)c(C=N)c3)nn2C2CCCCO2)C=C1. The molecule has 34 heavy (non-hydrogen) atoms. The van der Waals surface area contributed by atoms with Crippen molar-refractivity contribution >= 4 is 45.0 Å². The fraction of sp³-hybridized carbons (Fsp3) is 0.440. The molecular formula is C25H32N6O2S. The van der Waals surface area contributed by atoms with E-state index in [4.69, 9.17) is 25.0 Å². The van der Waals surface area contributed by atoms with Crippen molar-refractivity contribution < 1.29 is 9.47 Å². The van der Waals surface area contributed by atoms with Crippen LogP contribution in [-0.2, 0) is 9.47 Å². The van der Waals surface area contributed by atoms with E-state index < -0.39 is 0 Å². The van der Waals surface area contributed by atoms with Gasteiger partial charge in [0.25, 0.3) is 0 Å². The summed E-state index contributed by atoms with van der Waals surface area (Å²) in [6.45, 7) is 1.52. The molecule has 0 radical (unpaired) electrons. The van der Waals surface area contributed by atoms with Gasteiger partial charge < -0.3 is 25.5 Å². The van der Waals surface area contributed by atoms with Crippen LogP contribution in [0.25, 0.3) is 5.57 Å². The molecule has 1 aromatic carbocycles. The molecule has 2 saturated heterocycles. The molecule has 2 aromatic rings. The number of hydrogen-bond acceptors (Lipinski definition) is 7. The monoisotopic (exact) mass is 480 g/mol. The molecule has 4 heterocycles. The van der Waals surface area contributed by atoms with E-state index in [0.717, 1.165) is 80.1 Å². The Balaban J connectivity index is 1.39. The fourth-order valence-corrected chi connectivity index (χ4v) is 5.16. The van der Waals surface area contributed by atoms with Crippen LogP contribution in [0.2, 0.25) is 0 Å². The van der Waals surface area contributed by atoms with Gasteiger partial charge in [0.1, 0.15) is 6.23 Å². The molecule has 0 bridgehead atoms. The van der Waals surface area contributed by atoms with Crippen LogP contribution < -0.4 is 10.6 Å². The third kappa shape index (κ3) is 5.32. The number of allylic oxidation sites excluding steroid dienone is 3. The summed E-state index contributed by atoms with van der Waals surface area (Å²) < 4.78 is 13.7. The van der Waals surface area contributed by atoms with E-state index in [1.165, 1.54) is 6.21 Å². The largest absolute Gasteiger partial charge is 0.360 e. The van der Waals surface area contributed by atoms with E-state index in [2.05, 4.69) is 39.8 Å². The summed E-state index contributed by atoms with van der Waals surface area (Å²) in [6, 6.07) is 5.89. The highest BCUT2D eigenvalue weighted by Crippen LogP contribution is 2.30. The number of hydrogen-bond donors (Lipinski definition) is 3. The predicted octanol–water partition coefficient (Wildman–Crippen LogP) is 5.27. The summed E-state index contributed by atoms with van der Waals surface area (Å²) in [6.07, 6.45) is 14.0. The first-order valence-electron chi connectivity index (χ1n) is 11.9. The van der Waals surface area contributed by atoms with Crippen molar-refractivity contribution in [2.24, 2.45) is 0 Å². The molecule has 180 valence electrons. The Labute approximate surface area is 202 Å². The molecule has 3 N–H and O–H groups in total. The Hall–Kier alpha value is -2.75. The molecule has 8 nitrogen and oxygen atoms in total. The van der Waals surface area contributed by atoms with Crippen molar-refractivity contribution in [2.75, 3.05) is 30.1 Å². The van der Waals surface area contributed by atoms with Crippen molar-refractivity contribution in [3.05, 3.63) is 47.1 Å². The van der Waals surface area contributed by atoms with Crippen molar-refractivity contribution in [3.8, 4) is 0 Å². The molecular weight excluding hydrogens is 448 g/mol. The molecule has 1 aromatic heterocycles. The van der Waals surface area contributed by atoms with E-state index in [1.807, 2.05) is 22.9 Å². The lowest BCUT2D eigenvalue weighted by atomic mass is 10.1. The molecule has 0 aliphatic carbocycles. The van der Waals surface area contributed by atoms with Crippen molar-refractivity contribution in [3.63, 3.8) is 0 Å². The van der Waals surface area contributed by atoms with E-state index in [0.29, 0.717) is 5.95 Å². The molecule has 0 amide bonds. The van der Waals surface area contributed by atoms with Crippen molar-refractivity contribution in [2.45, 2.75) is 51.0 Å². The molecule has 0 saturated carbocycles. The summed E-state index contributed by atoms with van der Waals surface area (Å²) in [5.41, 5.74) is 3.55. The summed E-state index contributed by atoms with van der Waals surface area (Å²) >= 11 is 0. The highest BCUT2D eigenvalue weighted by Gasteiger charge is 2.23. The van der Waals surface area contributed by atoms with Crippen LogP contribution in [0.4, 0.5) is 17.3 Å². The minimum Gasteiger partial charge on any atom is -0.360 e. The Morgan fingerprint density at radius 3 is 2.71 bits per heavy atom. The maximum absolute atomic E-state index is 7.90. The van der Waals surface area contributed by atoms with Gasteiger partial charge in [-0.2, -0.15) is 15.5 Å². The zero-order chi connectivity index (χ0) is 23.3. The lowest BCUT2D eigenvalue weighted by Gasteiger charge is -2.25. The first-order valence-corrected chi connectivity index (χ1v) is 13.7. The fourth-order valence-electron chi connectivity index (χ4n) is 4.35. The summed E-state index contributed by atoms with van der Waals surface area (Å²) in [7, 11) is 0.148. The average molecular weight is 481 g/mol. The second-order valence-electron chi connectivity index (χ2n) is 8.76. The second kappa shape index (κ2) is 10.7. The summed E-state index contributed by atoms with van der Waals surface area (Å²) in [5, 5.41) is 23.8. The van der Waals surface area contributed by atoms with Gasteiger partial charge in [-0.1, -0.05) is 0 Å². The van der Waals surface area contributed by atoms with Crippen LogP contribution >= 0.6 is 10.5 Å². The van der Waals surface area contributed by atoms with Gasteiger partial charge in [0.2, 0.25) is 5.95 Å². The van der Waals surface area contributed by atoms with E-state index >= 15 is 0 Å². The van der Waals surface area contributed by atoms with Crippen LogP contribution in [0.1, 0.15) is 56.1 Å². The number of rotatable bonds is 7. The van der Waals surface area contributed by atoms with Crippen molar-refractivity contribution in [1.29, 1.82) is 5.41 Å². The lowest BCUT2D eigenvalue weighted by molar-refractivity contribution is -0.0400. The van der Waals surface area contributed by atoms with Gasteiger partial charge in [-0.05, 0) is 85.9 Å². The molecule has 5 rings (SSSR count). The molecule has 2 fully saturated rings. The van der Waals surface area contributed by atoms with Gasteiger partial charge in [-0.25, -0.2) is 4.68 Å². The molecule has 0 spiro atoms. The second-order valence-corrected chi connectivity index (χ2v) is 10.5. The maximum Gasteiger partial charge on any atom is 0.247 e. The third-order valence-corrected chi connectivity index (χ3v) is 7.33. The Morgan fingerprint density at radius 2 is 2.00 bits per heavy atom. The Kier molecular flexibility index (Phi) is 7.22. The van der Waals surface area contributed by atoms with Gasteiger partial charge in [0.05, 0.1) is 0 Å². The number of nitrogens with one attached hydrogen (secondary N) is 3. The Morgan fingerprint density at radius 1 is 1.15 bits per heavy atom. The molecule has 3 aliphatic rings. The van der Waals surface area contributed by atoms with Crippen LogP contribution in [0.15, 0.2) is 35.8 Å². The minimum absolute atomic E-state index is 0.00126. The van der Waals surface area contributed by atoms with E-state index in [9.17, 15) is 0 Å². The highest BCUT2D eigenvalue weighted by molar-refractivity contribution is 8.17. The summed E-state index contributed by atoms with van der Waals surface area (Å²) in [5.74, 6) is 1.32. The first-order chi connectivity index (χ1) is 16.7. The van der Waals surface area contributed by atoms with Gasteiger partial charge in [-0.15, -0.1) is 5.10 Å². The number of aromatic nitrogens is 3. The predicted molar refractivity (Wildman–Crippen MR) is 140 cm³/mol. The van der Waals surface area contributed by atoms with Gasteiger partial charge in [-0.3, -0.25) is 0 Å². The number of benzene rings is 1. The number of ether oxygens (including phenoxy) is 2. The van der Waals surface area contributed by atoms with Crippen LogP contribution in [0.5, 0.6) is 0 Å². The lowest BCUT2D eigenvalue weighted by Crippen LogP contribution is -2.27. The number of nitrogens with zero attached hydrogens (tertiary/aromatic N) is 3. The Bertz CT molecular complexity index is 1130. The zero-order valence-electron chi connectivity index (χ0n) is 19.5. The third-order valence-electron chi connectivity index (χ3n) is 6.20. The molecule has 3 aliphatic heterocycles.